The van der Waals surface area contributed by atoms with Gasteiger partial charge in [-0.15, -0.1) is 11.3 Å². The van der Waals surface area contributed by atoms with Gasteiger partial charge in [0.25, 0.3) is 5.91 Å². The van der Waals surface area contributed by atoms with E-state index in [1.165, 1.54) is 0 Å². The summed E-state index contributed by atoms with van der Waals surface area (Å²) in [4.78, 5) is 26.6. The maximum atomic E-state index is 12.0. The van der Waals surface area contributed by atoms with E-state index in [0.717, 1.165) is 4.88 Å². The maximum Gasteiger partial charge on any atom is 0.251 e. The molecular formula is C15H15ClN2O2S. The first kappa shape index (κ1) is 15.5. The Labute approximate surface area is 132 Å². The van der Waals surface area contributed by atoms with Gasteiger partial charge in [0, 0.05) is 22.5 Å². The topological polar surface area (TPSA) is 49.4 Å². The van der Waals surface area contributed by atoms with E-state index in [4.69, 9.17) is 11.6 Å². The number of rotatable bonds is 5. The molecule has 0 fully saturated rings. The number of hydrogen-bond acceptors (Lipinski definition) is 3. The van der Waals surface area contributed by atoms with Gasteiger partial charge in [-0.25, -0.2) is 0 Å². The molecule has 0 radical (unpaired) electrons. The smallest absolute Gasteiger partial charge is 0.251 e. The van der Waals surface area contributed by atoms with E-state index in [2.05, 4.69) is 5.32 Å². The minimum atomic E-state index is -0.310. The molecule has 110 valence electrons. The fourth-order valence-electron chi connectivity index (χ4n) is 1.75. The number of benzene rings is 1. The summed E-state index contributed by atoms with van der Waals surface area (Å²) in [5.74, 6) is -0.450. The van der Waals surface area contributed by atoms with Gasteiger partial charge in [-0.2, -0.15) is 0 Å². The summed E-state index contributed by atoms with van der Waals surface area (Å²) < 4.78 is 0. The van der Waals surface area contributed by atoms with Crippen LogP contribution in [0.15, 0.2) is 41.8 Å². The highest BCUT2D eigenvalue weighted by Gasteiger charge is 2.12. The molecule has 6 heteroatoms. The van der Waals surface area contributed by atoms with Crippen LogP contribution in [0.3, 0.4) is 0 Å². The highest BCUT2D eigenvalue weighted by Crippen LogP contribution is 2.11. The summed E-state index contributed by atoms with van der Waals surface area (Å²) in [6, 6.07) is 10.5. The second-order valence-electron chi connectivity index (χ2n) is 4.52. The number of halogens is 1. The van der Waals surface area contributed by atoms with Gasteiger partial charge in [-0.1, -0.05) is 23.7 Å². The molecule has 0 aliphatic heterocycles. The van der Waals surface area contributed by atoms with E-state index in [1.54, 1.807) is 47.5 Å². The van der Waals surface area contributed by atoms with Gasteiger partial charge >= 0.3 is 0 Å². The number of nitrogens with zero attached hydrogens (tertiary/aromatic N) is 1. The Bertz CT molecular complexity index is 628. The zero-order valence-electron chi connectivity index (χ0n) is 11.5. The molecule has 0 bridgehead atoms. The number of nitrogens with one attached hydrogen (secondary N) is 1. The Morgan fingerprint density at radius 1 is 1.29 bits per heavy atom. The fourth-order valence-corrected chi connectivity index (χ4v) is 2.69. The minimum absolute atomic E-state index is 0.0345. The van der Waals surface area contributed by atoms with Crippen molar-refractivity contribution in [2.24, 2.45) is 0 Å². The van der Waals surface area contributed by atoms with Gasteiger partial charge in [-0.05, 0) is 29.6 Å². The average Bonchev–Trinajstić information content (AvgIpc) is 2.97. The second kappa shape index (κ2) is 7.24. The van der Waals surface area contributed by atoms with Gasteiger partial charge < -0.3 is 10.2 Å². The Kier molecular flexibility index (Phi) is 5.36. The highest BCUT2D eigenvalue weighted by molar-refractivity contribution is 7.09. The molecule has 2 amide bonds. The van der Waals surface area contributed by atoms with E-state index in [1.807, 2.05) is 17.5 Å². The van der Waals surface area contributed by atoms with Gasteiger partial charge in [0.2, 0.25) is 5.91 Å². The quantitative estimate of drug-likeness (QED) is 0.920. The van der Waals surface area contributed by atoms with E-state index in [0.29, 0.717) is 17.1 Å². The van der Waals surface area contributed by atoms with Crippen molar-refractivity contribution in [2.75, 3.05) is 13.6 Å². The third-order valence-corrected chi connectivity index (χ3v) is 3.98. The van der Waals surface area contributed by atoms with Crippen molar-refractivity contribution in [3.05, 3.63) is 57.2 Å². The lowest BCUT2D eigenvalue weighted by Crippen LogP contribution is -2.37. The Morgan fingerprint density at radius 2 is 2.10 bits per heavy atom. The SMILES string of the molecule is CN(Cc1cccs1)C(=O)CNC(=O)c1cccc(Cl)c1. The third kappa shape index (κ3) is 4.58. The lowest BCUT2D eigenvalue weighted by atomic mass is 10.2. The van der Waals surface area contributed by atoms with Crippen molar-refractivity contribution in [1.29, 1.82) is 0 Å². The lowest BCUT2D eigenvalue weighted by Gasteiger charge is -2.16. The number of likely N-dealkylation sites (N-methyl/N-ethyl adjacent to an activating group) is 1. The first-order valence-corrected chi connectivity index (χ1v) is 7.62. The van der Waals surface area contributed by atoms with Gasteiger partial charge in [0.05, 0.1) is 13.1 Å². The van der Waals surface area contributed by atoms with Crippen LogP contribution in [0.5, 0.6) is 0 Å². The number of thiophene rings is 1. The molecule has 1 aromatic carbocycles. The first-order valence-electron chi connectivity index (χ1n) is 6.36. The lowest BCUT2D eigenvalue weighted by molar-refractivity contribution is -0.129. The molecular weight excluding hydrogens is 308 g/mol. The van der Waals surface area contributed by atoms with Crippen LogP contribution in [0, 0.1) is 0 Å². The van der Waals surface area contributed by atoms with E-state index < -0.39 is 0 Å². The van der Waals surface area contributed by atoms with Crippen molar-refractivity contribution in [3.8, 4) is 0 Å². The molecule has 0 aliphatic rings. The van der Waals surface area contributed by atoms with Crippen LogP contribution in [0.4, 0.5) is 0 Å². The molecule has 1 N–H and O–H groups in total. The number of carbonyl (C=O) groups is 2. The Morgan fingerprint density at radius 3 is 2.76 bits per heavy atom. The second-order valence-corrected chi connectivity index (χ2v) is 5.99. The summed E-state index contributed by atoms with van der Waals surface area (Å²) in [5, 5.41) is 5.06. The van der Waals surface area contributed by atoms with E-state index >= 15 is 0 Å². The predicted octanol–water partition coefficient (Wildman–Crippen LogP) is 2.79. The van der Waals surface area contributed by atoms with Crippen molar-refractivity contribution in [1.82, 2.24) is 10.2 Å². The predicted molar refractivity (Wildman–Crippen MR) is 84.6 cm³/mol. The average molecular weight is 323 g/mol. The molecule has 2 aromatic rings. The summed E-state index contributed by atoms with van der Waals surface area (Å²) in [6.07, 6.45) is 0. The van der Waals surface area contributed by atoms with Crippen molar-refractivity contribution in [3.63, 3.8) is 0 Å². The molecule has 0 saturated carbocycles. The molecule has 1 aromatic heterocycles. The van der Waals surface area contributed by atoms with Crippen molar-refractivity contribution >= 4 is 34.8 Å². The van der Waals surface area contributed by atoms with Crippen LogP contribution in [0.1, 0.15) is 15.2 Å². The summed E-state index contributed by atoms with van der Waals surface area (Å²) in [5.41, 5.74) is 0.441. The minimum Gasteiger partial charge on any atom is -0.343 e. The molecule has 21 heavy (non-hydrogen) atoms. The zero-order valence-corrected chi connectivity index (χ0v) is 13.1. The summed E-state index contributed by atoms with van der Waals surface area (Å²) in [6.45, 7) is 0.511. The van der Waals surface area contributed by atoms with Crippen LogP contribution in [0.25, 0.3) is 0 Å². The summed E-state index contributed by atoms with van der Waals surface area (Å²) in [7, 11) is 1.72. The maximum absolute atomic E-state index is 12.0. The molecule has 1 heterocycles. The van der Waals surface area contributed by atoms with Crippen LogP contribution in [-0.2, 0) is 11.3 Å². The van der Waals surface area contributed by atoms with Crippen molar-refractivity contribution in [2.45, 2.75) is 6.54 Å². The fraction of sp³-hybridized carbons (Fsp3) is 0.200. The molecule has 0 atom stereocenters. The Balaban J connectivity index is 1.84. The van der Waals surface area contributed by atoms with E-state index in [-0.39, 0.29) is 18.4 Å². The first-order chi connectivity index (χ1) is 10.1. The van der Waals surface area contributed by atoms with Crippen LogP contribution >= 0.6 is 22.9 Å². The van der Waals surface area contributed by atoms with Crippen LogP contribution in [-0.4, -0.2) is 30.3 Å². The zero-order chi connectivity index (χ0) is 15.2. The monoisotopic (exact) mass is 322 g/mol. The molecule has 0 spiro atoms. The van der Waals surface area contributed by atoms with Gasteiger partial charge in [0.1, 0.15) is 0 Å². The van der Waals surface area contributed by atoms with Gasteiger partial charge in [0.15, 0.2) is 0 Å². The van der Waals surface area contributed by atoms with Crippen LogP contribution in [0.2, 0.25) is 5.02 Å². The number of hydrogen-bond donors (Lipinski definition) is 1. The number of carbonyl (C=O) groups excluding carboxylic acids is 2. The molecule has 0 saturated heterocycles. The largest absolute Gasteiger partial charge is 0.343 e. The van der Waals surface area contributed by atoms with Crippen molar-refractivity contribution < 1.29 is 9.59 Å². The molecule has 0 unspecified atom stereocenters. The molecule has 4 nitrogen and oxygen atoms in total. The van der Waals surface area contributed by atoms with Gasteiger partial charge in [-0.3, -0.25) is 9.59 Å². The van der Waals surface area contributed by atoms with Crippen LogP contribution < -0.4 is 5.32 Å². The van der Waals surface area contributed by atoms with E-state index in [9.17, 15) is 9.59 Å². The molecule has 0 aliphatic carbocycles. The molecule has 2 rings (SSSR count). The normalized spacial score (nSPS) is 10.2. The highest BCUT2D eigenvalue weighted by atomic mass is 35.5. The standard InChI is InChI=1S/C15H15ClN2O2S/c1-18(10-13-6-3-7-21-13)14(19)9-17-15(20)11-4-2-5-12(16)8-11/h2-8H,9-10H2,1H3,(H,17,20). The summed E-state index contributed by atoms with van der Waals surface area (Å²) >= 11 is 7.42. The third-order valence-electron chi connectivity index (χ3n) is 2.89. The Hall–Kier alpha value is -1.85. The number of amides is 2.